The highest BCUT2D eigenvalue weighted by molar-refractivity contribution is 7.89. The van der Waals surface area contributed by atoms with E-state index in [2.05, 4.69) is 15.0 Å². The largest absolute Gasteiger partial charge is 0.383 e. The number of rotatable bonds is 6. The first-order chi connectivity index (χ1) is 8.32. The zero-order chi connectivity index (χ0) is 13.8. The molecule has 0 aliphatic carbocycles. The zero-order valence-electron chi connectivity index (χ0n) is 11.3. The molecule has 5 nitrogen and oxygen atoms in total. The highest BCUT2D eigenvalue weighted by Crippen LogP contribution is 2.20. The monoisotopic (exact) mass is 271 g/mol. The Kier molecular flexibility index (Phi) is 4.70. The number of nitrogens with one attached hydrogen (secondary N) is 2. The minimum atomic E-state index is -3.61. The van der Waals surface area contributed by atoms with Crippen LogP contribution < -0.4 is 10.0 Å². The standard InChI is InChI=1S/C12H21N3O2S/c1-5-12(3,4)15-18(16,17)11-10(13-6-2)8-7-9-14-11/h7-9,13,15H,5-6H2,1-4H3. The van der Waals surface area contributed by atoms with Crippen LogP contribution in [0, 0.1) is 0 Å². The Morgan fingerprint density at radius 1 is 1.33 bits per heavy atom. The predicted octanol–water partition coefficient (Wildman–Crippen LogP) is 1.98. The van der Waals surface area contributed by atoms with Gasteiger partial charge in [0.1, 0.15) is 0 Å². The zero-order valence-corrected chi connectivity index (χ0v) is 12.1. The number of sulfonamides is 1. The van der Waals surface area contributed by atoms with Crippen molar-refractivity contribution in [1.82, 2.24) is 9.71 Å². The van der Waals surface area contributed by atoms with Crippen LogP contribution in [0.2, 0.25) is 0 Å². The van der Waals surface area contributed by atoms with Gasteiger partial charge < -0.3 is 5.32 Å². The minimum Gasteiger partial charge on any atom is -0.383 e. The van der Waals surface area contributed by atoms with Crippen LogP contribution in [0.15, 0.2) is 23.4 Å². The van der Waals surface area contributed by atoms with Crippen LogP contribution in [-0.2, 0) is 10.0 Å². The van der Waals surface area contributed by atoms with Gasteiger partial charge in [-0.25, -0.2) is 18.1 Å². The molecule has 0 unspecified atom stereocenters. The Morgan fingerprint density at radius 2 is 2.00 bits per heavy atom. The summed E-state index contributed by atoms with van der Waals surface area (Å²) in [5, 5.41) is 3.05. The van der Waals surface area contributed by atoms with Crippen LogP contribution in [0.5, 0.6) is 0 Å². The van der Waals surface area contributed by atoms with E-state index in [0.717, 1.165) is 0 Å². The fourth-order valence-electron chi connectivity index (χ4n) is 1.41. The normalized spacial score (nSPS) is 12.4. The minimum absolute atomic E-state index is 0.0494. The maximum Gasteiger partial charge on any atom is 0.260 e. The number of hydrogen-bond donors (Lipinski definition) is 2. The van der Waals surface area contributed by atoms with Crippen molar-refractivity contribution >= 4 is 15.7 Å². The molecule has 0 saturated carbocycles. The van der Waals surface area contributed by atoms with Gasteiger partial charge in [-0.1, -0.05) is 6.92 Å². The second kappa shape index (κ2) is 5.67. The average Bonchev–Trinajstić information content (AvgIpc) is 2.29. The molecule has 0 atom stereocenters. The molecule has 1 aromatic rings. The molecule has 0 aliphatic heterocycles. The molecule has 0 radical (unpaired) electrons. The van der Waals surface area contributed by atoms with E-state index in [-0.39, 0.29) is 5.03 Å². The molecule has 0 aliphatic rings. The fraction of sp³-hybridized carbons (Fsp3) is 0.583. The third-order valence-corrected chi connectivity index (χ3v) is 4.34. The second-order valence-corrected chi connectivity index (χ2v) is 6.33. The van der Waals surface area contributed by atoms with E-state index < -0.39 is 15.6 Å². The smallest absolute Gasteiger partial charge is 0.260 e. The molecular weight excluding hydrogens is 250 g/mol. The Morgan fingerprint density at radius 3 is 2.56 bits per heavy atom. The quantitative estimate of drug-likeness (QED) is 0.830. The molecular formula is C12H21N3O2S. The van der Waals surface area contributed by atoms with Gasteiger partial charge in [0, 0.05) is 18.3 Å². The van der Waals surface area contributed by atoms with Gasteiger partial charge in [0.15, 0.2) is 5.03 Å². The van der Waals surface area contributed by atoms with E-state index in [0.29, 0.717) is 18.7 Å². The van der Waals surface area contributed by atoms with Gasteiger partial charge >= 0.3 is 0 Å². The summed E-state index contributed by atoms with van der Waals surface area (Å²) in [6.07, 6.45) is 2.18. The third kappa shape index (κ3) is 3.68. The number of aromatic nitrogens is 1. The van der Waals surface area contributed by atoms with E-state index in [1.165, 1.54) is 6.20 Å². The van der Waals surface area contributed by atoms with Gasteiger partial charge in [-0.15, -0.1) is 0 Å². The van der Waals surface area contributed by atoms with Crippen molar-refractivity contribution in [2.24, 2.45) is 0 Å². The molecule has 0 amide bonds. The van der Waals surface area contributed by atoms with Crippen LogP contribution in [0.3, 0.4) is 0 Å². The van der Waals surface area contributed by atoms with Crippen molar-refractivity contribution < 1.29 is 8.42 Å². The van der Waals surface area contributed by atoms with Gasteiger partial charge in [0.2, 0.25) is 0 Å². The number of hydrogen-bond acceptors (Lipinski definition) is 4. The average molecular weight is 271 g/mol. The van der Waals surface area contributed by atoms with Gasteiger partial charge in [-0.2, -0.15) is 0 Å². The molecule has 1 aromatic heterocycles. The Labute approximate surface area is 109 Å². The lowest BCUT2D eigenvalue weighted by Gasteiger charge is -2.24. The number of anilines is 1. The van der Waals surface area contributed by atoms with Gasteiger partial charge in [-0.05, 0) is 39.3 Å². The highest BCUT2D eigenvalue weighted by atomic mass is 32.2. The van der Waals surface area contributed by atoms with E-state index in [1.54, 1.807) is 12.1 Å². The lowest BCUT2D eigenvalue weighted by Crippen LogP contribution is -2.43. The van der Waals surface area contributed by atoms with Crippen LogP contribution in [0.25, 0.3) is 0 Å². The van der Waals surface area contributed by atoms with Crippen molar-refractivity contribution in [3.63, 3.8) is 0 Å². The molecule has 2 N–H and O–H groups in total. The molecule has 6 heteroatoms. The third-order valence-electron chi connectivity index (χ3n) is 2.69. The molecule has 0 aromatic carbocycles. The maximum absolute atomic E-state index is 12.3. The van der Waals surface area contributed by atoms with Gasteiger partial charge in [0.25, 0.3) is 10.0 Å². The first kappa shape index (κ1) is 14.9. The summed E-state index contributed by atoms with van der Waals surface area (Å²) in [5.74, 6) is 0. The summed E-state index contributed by atoms with van der Waals surface area (Å²) in [6, 6.07) is 3.42. The predicted molar refractivity (Wildman–Crippen MR) is 73.1 cm³/mol. The lowest BCUT2D eigenvalue weighted by atomic mass is 10.0. The summed E-state index contributed by atoms with van der Waals surface area (Å²) < 4.78 is 27.2. The Bertz CT molecular complexity index is 498. The number of nitrogens with zero attached hydrogens (tertiary/aromatic N) is 1. The maximum atomic E-state index is 12.3. The van der Waals surface area contributed by atoms with Gasteiger partial charge in [0.05, 0.1) is 5.69 Å². The van der Waals surface area contributed by atoms with Crippen molar-refractivity contribution in [3.05, 3.63) is 18.3 Å². The molecule has 1 heterocycles. The van der Waals surface area contributed by atoms with E-state index in [1.807, 2.05) is 27.7 Å². The van der Waals surface area contributed by atoms with E-state index in [4.69, 9.17) is 0 Å². The molecule has 0 fully saturated rings. The molecule has 0 saturated heterocycles. The van der Waals surface area contributed by atoms with Crippen molar-refractivity contribution in [2.75, 3.05) is 11.9 Å². The van der Waals surface area contributed by atoms with Crippen molar-refractivity contribution in [3.8, 4) is 0 Å². The topological polar surface area (TPSA) is 71.1 Å². The van der Waals surface area contributed by atoms with Crippen molar-refractivity contribution in [1.29, 1.82) is 0 Å². The first-order valence-electron chi connectivity index (χ1n) is 6.05. The van der Waals surface area contributed by atoms with Crippen molar-refractivity contribution in [2.45, 2.75) is 44.7 Å². The fourth-order valence-corrected chi connectivity index (χ4v) is 3.01. The summed E-state index contributed by atoms with van der Waals surface area (Å²) in [7, 11) is -3.61. The summed E-state index contributed by atoms with van der Waals surface area (Å²) in [6.45, 7) is 8.19. The SMILES string of the molecule is CCNc1cccnc1S(=O)(=O)NC(C)(C)CC. The Balaban J connectivity index is 3.13. The van der Waals surface area contributed by atoms with Gasteiger partial charge in [-0.3, -0.25) is 0 Å². The summed E-state index contributed by atoms with van der Waals surface area (Å²) >= 11 is 0. The molecule has 1 rings (SSSR count). The molecule has 102 valence electrons. The molecule has 0 spiro atoms. The lowest BCUT2D eigenvalue weighted by molar-refractivity contribution is 0.438. The van der Waals surface area contributed by atoms with Crippen LogP contribution in [0.4, 0.5) is 5.69 Å². The molecule has 18 heavy (non-hydrogen) atoms. The summed E-state index contributed by atoms with van der Waals surface area (Å²) in [4.78, 5) is 3.97. The second-order valence-electron chi connectivity index (χ2n) is 4.73. The first-order valence-corrected chi connectivity index (χ1v) is 7.53. The van der Waals surface area contributed by atoms with Crippen LogP contribution in [0.1, 0.15) is 34.1 Å². The molecule has 0 bridgehead atoms. The van der Waals surface area contributed by atoms with Crippen LogP contribution in [-0.4, -0.2) is 25.5 Å². The van der Waals surface area contributed by atoms with Crippen LogP contribution >= 0.6 is 0 Å². The van der Waals surface area contributed by atoms with E-state index >= 15 is 0 Å². The summed E-state index contributed by atoms with van der Waals surface area (Å²) in [5.41, 5.74) is 0.0410. The highest BCUT2D eigenvalue weighted by Gasteiger charge is 2.27. The van der Waals surface area contributed by atoms with E-state index in [9.17, 15) is 8.42 Å². The Hall–Kier alpha value is -1.14. The number of pyridine rings is 1.